The molecule has 2 aromatic rings. The normalized spacial score (nSPS) is 11.2. The molecule has 134 valence electrons. The summed E-state index contributed by atoms with van der Waals surface area (Å²) in [5.74, 6) is -0.125. The van der Waals surface area contributed by atoms with Gasteiger partial charge >= 0.3 is 5.97 Å². The minimum atomic E-state index is -3.48. The third-order valence-electron chi connectivity index (χ3n) is 3.87. The third kappa shape index (κ3) is 4.82. The summed E-state index contributed by atoms with van der Waals surface area (Å²) in [6, 6.07) is 13.7. The molecule has 0 radical (unpaired) electrons. The summed E-state index contributed by atoms with van der Waals surface area (Å²) in [6.45, 7) is 3.87. The number of rotatable bonds is 7. The number of aryl methyl sites for hydroxylation is 1. The predicted octanol–water partition coefficient (Wildman–Crippen LogP) is 3.78. The largest absolute Gasteiger partial charge is 0.423 e. The SMILES string of the molecule is CCCCS(=O)(=O)N(C)c1ccccc1C(=O)Oc1ccc(C)cc1. The minimum Gasteiger partial charge on any atom is -0.423 e. The van der Waals surface area contributed by atoms with E-state index in [-0.39, 0.29) is 11.3 Å². The highest BCUT2D eigenvalue weighted by molar-refractivity contribution is 7.92. The maximum absolute atomic E-state index is 12.5. The Morgan fingerprint density at radius 1 is 1.08 bits per heavy atom. The van der Waals surface area contributed by atoms with Gasteiger partial charge < -0.3 is 4.74 Å². The number of carbonyl (C=O) groups excluding carboxylic acids is 1. The Morgan fingerprint density at radius 3 is 2.36 bits per heavy atom. The van der Waals surface area contributed by atoms with E-state index in [4.69, 9.17) is 4.74 Å². The summed E-state index contributed by atoms with van der Waals surface area (Å²) in [5, 5.41) is 0. The van der Waals surface area contributed by atoms with Crippen LogP contribution >= 0.6 is 0 Å². The second-order valence-electron chi connectivity index (χ2n) is 5.86. The highest BCUT2D eigenvalue weighted by Gasteiger charge is 2.23. The molecule has 2 rings (SSSR count). The topological polar surface area (TPSA) is 63.7 Å². The Hall–Kier alpha value is -2.34. The number of para-hydroxylation sites is 1. The molecule has 0 N–H and O–H groups in total. The Bertz CT molecular complexity index is 829. The van der Waals surface area contributed by atoms with Crippen molar-refractivity contribution < 1.29 is 17.9 Å². The van der Waals surface area contributed by atoms with Crippen LogP contribution in [0.2, 0.25) is 0 Å². The maximum Gasteiger partial charge on any atom is 0.345 e. The second-order valence-corrected chi connectivity index (χ2v) is 7.98. The van der Waals surface area contributed by atoms with Gasteiger partial charge in [-0.15, -0.1) is 0 Å². The second kappa shape index (κ2) is 8.16. The van der Waals surface area contributed by atoms with Gasteiger partial charge in [0.1, 0.15) is 5.75 Å². The van der Waals surface area contributed by atoms with Crippen LogP contribution in [0.4, 0.5) is 5.69 Å². The lowest BCUT2D eigenvalue weighted by molar-refractivity contribution is 0.0735. The van der Waals surface area contributed by atoms with Gasteiger partial charge in [-0.05, 0) is 37.6 Å². The summed E-state index contributed by atoms with van der Waals surface area (Å²) in [6.07, 6.45) is 1.35. The fourth-order valence-electron chi connectivity index (χ4n) is 2.30. The summed E-state index contributed by atoms with van der Waals surface area (Å²) in [4.78, 5) is 12.5. The number of nitrogens with zero attached hydrogens (tertiary/aromatic N) is 1. The predicted molar refractivity (Wildman–Crippen MR) is 99.7 cm³/mol. The number of hydrogen-bond acceptors (Lipinski definition) is 4. The molecular formula is C19H23NO4S. The summed E-state index contributed by atoms with van der Waals surface area (Å²) in [7, 11) is -2.02. The van der Waals surface area contributed by atoms with Crippen LogP contribution in [0.15, 0.2) is 48.5 Å². The molecule has 0 amide bonds. The smallest absolute Gasteiger partial charge is 0.345 e. The van der Waals surface area contributed by atoms with E-state index in [9.17, 15) is 13.2 Å². The molecule has 0 spiro atoms. The van der Waals surface area contributed by atoms with Crippen LogP contribution in [0, 0.1) is 6.92 Å². The van der Waals surface area contributed by atoms with Crippen LogP contribution in [-0.2, 0) is 10.0 Å². The molecule has 0 fully saturated rings. The van der Waals surface area contributed by atoms with Crippen molar-refractivity contribution in [2.45, 2.75) is 26.7 Å². The highest BCUT2D eigenvalue weighted by Crippen LogP contribution is 2.24. The molecule has 5 nitrogen and oxygen atoms in total. The lowest BCUT2D eigenvalue weighted by atomic mass is 10.2. The maximum atomic E-state index is 12.5. The molecule has 6 heteroatoms. The van der Waals surface area contributed by atoms with E-state index < -0.39 is 16.0 Å². The molecule has 0 unspecified atom stereocenters. The van der Waals surface area contributed by atoms with Crippen molar-refractivity contribution in [3.8, 4) is 5.75 Å². The molecule has 0 aliphatic rings. The van der Waals surface area contributed by atoms with Crippen LogP contribution in [0.25, 0.3) is 0 Å². The molecule has 0 saturated carbocycles. The van der Waals surface area contributed by atoms with E-state index >= 15 is 0 Å². The Labute approximate surface area is 149 Å². The number of unbranched alkanes of at least 4 members (excludes halogenated alkanes) is 1. The van der Waals surface area contributed by atoms with Crippen molar-refractivity contribution in [2.24, 2.45) is 0 Å². The van der Waals surface area contributed by atoms with E-state index in [2.05, 4.69) is 0 Å². The van der Waals surface area contributed by atoms with Crippen molar-refractivity contribution >= 4 is 21.7 Å². The van der Waals surface area contributed by atoms with Crippen molar-refractivity contribution in [1.82, 2.24) is 0 Å². The van der Waals surface area contributed by atoms with Gasteiger partial charge in [-0.25, -0.2) is 13.2 Å². The lowest BCUT2D eigenvalue weighted by Gasteiger charge is -2.21. The first-order valence-electron chi connectivity index (χ1n) is 8.19. The molecule has 0 aliphatic heterocycles. The monoisotopic (exact) mass is 361 g/mol. The molecule has 2 aromatic carbocycles. The van der Waals surface area contributed by atoms with Gasteiger partial charge in [-0.1, -0.05) is 43.2 Å². The van der Waals surface area contributed by atoms with E-state index in [1.54, 1.807) is 36.4 Å². The van der Waals surface area contributed by atoms with Gasteiger partial charge in [0.25, 0.3) is 0 Å². The Balaban J connectivity index is 2.27. The quantitative estimate of drug-likeness (QED) is 0.556. The van der Waals surface area contributed by atoms with Crippen LogP contribution in [0.3, 0.4) is 0 Å². The molecule has 0 aromatic heterocycles. The standard InChI is InChI=1S/C19H23NO4S/c1-4-5-14-25(22,23)20(3)18-9-7-6-8-17(18)19(21)24-16-12-10-15(2)11-13-16/h6-13H,4-5,14H2,1-3H3. The zero-order valence-electron chi connectivity index (χ0n) is 14.7. The minimum absolute atomic E-state index is 0.0430. The van der Waals surface area contributed by atoms with Crippen molar-refractivity contribution in [2.75, 3.05) is 17.1 Å². The van der Waals surface area contributed by atoms with Gasteiger partial charge in [0.05, 0.1) is 17.0 Å². The fraction of sp³-hybridized carbons (Fsp3) is 0.316. The van der Waals surface area contributed by atoms with Crippen LogP contribution in [-0.4, -0.2) is 27.2 Å². The summed E-state index contributed by atoms with van der Waals surface area (Å²) >= 11 is 0. The zero-order chi connectivity index (χ0) is 18.4. The van der Waals surface area contributed by atoms with E-state index in [0.29, 0.717) is 17.9 Å². The van der Waals surface area contributed by atoms with Crippen LogP contribution < -0.4 is 9.04 Å². The Morgan fingerprint density at radius 2 is 1.72 bits per heavy atom. The number of hydrogen-bond donors (Lipinski definition) is 0. The molecule has 25 heavy (non-hydrogen) atoms. The fourth-order valence-corrected chi connectivity index (χ4v) is 3.69. The summed E-state index contributed by atoms with van der Waals surface area (Å²) < 4.78 is 31.4. The van der Waals surface area contributed by atoms with Gasteiger partial charge in [0, 0.05) is 7.05 Å². The van der Waals surface area contributed by atoms with Gasteiger partial charge in [-0.3, -0.25) is 4.31 Å². The van der Waals surface area contributed by atoms with E-state index in [0.717, 1.165) is 16.3 Å². The molecule has 0 heterocycles. The first-order chi connectivity index (χ1) is 11.8. The van der Waals surface area contributed by atoms with E-state index in [1.807, 2.05) is 26.0 Å². The molecule has 0 bridgehead atoms. The number of ether oxygens (including phenoxy) is 1. The Kier molecular flexibility index (Phi) is 6.20. The van der Waals surface area contributed by atoms with Crippen molar-refractivity contribution in [1.29, 1.82) is 0 Å². The van der Waals surface area contributed by atoms with Crippen molar-refractivity contribution in [3.63, 3.8) is 0 Å². The van der Waals surface area contributed by atoms with Gasteiger partial charge in [0.2, 0.25) is 10.0 Å². The van der Waals surface area contributed by atoms with E-state index in [1.165, 1.54) is 7.05 Å². The third-order valence-corrected chi connectivity index (χ3v) is 5.70. The van der Waals surface area contributed by atoms with Crippen LogP contribution in [0.5, 0.6) is 5.75 Å². The van der Waals surface area contributed by atoms with Crippen molar-refractivity contribution in [3.05, 3.63) is 59.7 Å². The molecule has 0 saturated heterocycles. The summed E-state index contributed by atoms with van der Waals surface area (Å²) in [5.41, 5.74) is 1.59. The molecular weight excluding hydrogens is 338 g/mol. The highest BCUT2D eigenvalue weighted by atomic mass is 32.2. The van der Waals surface area contributed by atoms with Crippen LogP contribution in [0.1, 0.15) is 35.7 Å². The average molecular weight is 361 g/mol. The lowest BCUT2D eigenvalue weighted by Crippen LogP contribution is -2.30. The van der Waals surface area contributed by atoms with Gasteiger partial charge in [-0.2, -0.15) is 0 Å². The first kappa shape index (κ1) is 19.0. The number of esters is 1. The van der Waals surface area contributed by atoms with Gasteiger partial charge in [0.15, 0.2) is 0 Å². The number of carbonyl (C=O) groups is 1. The number of benzene rings is 2. The zero-order valence-corrected chi connectivity index (χ0v) is 15.5. The molecule has 0 atom stereocenters. The average Bonchev–Trinajstić information content (AvgIpc) is 2.61. The number of sulfonamides is 1. The first-order valence-corrected chi connectivity index (χ1v) is 9.80. The molecule has 0 aliphatic carbocycles. The number of anilines is 1.